The van der Waals surface area contributed by atoms with Crippen LogP contribution in [0, 0.1) is 0 Å². The molecule has 1 saturated heterocycles. The summed E-state index contributed by atoms with van der Waals surface area (Å²) < 4.78 is 6.09. The van der Waals surface area contributed by atoms with Crippen molar-refractivity contribution in [3.8, 4) is 16.9 Å². The van der Waals surface area contributed by atoms with Gasteiger partial charge in [-0.05, 0) is 36.7 Å². The van der Waals surface area contributed by atoms with E-state index in [9.17, 15) is 0 Å². The van der Waals surface area contributed by atoms with E-state index in [-0.39, 0.29) is 6.10 Å². The average molecular weight is 274 g/mol. The zero-order valence-corrected chi connectivity index (χ0v) is 11.4. The molecule has 0 aliphatic carbocycles. The van der Waals surface area contributed by atoms with Crippen LogP contribution in [-0.2, 0) is 0 Å². The van der Waals surface area contributed by atoms with E-state index in [0.29, 0.717) is 0 Å². The number of ether oxygens (including phenoxy) is 1. The van der Waals surface area contributed by atoms with Gasteiger partial charge in [-0.15, -0.1) is 0 Å². The molecule has 0 spiro atoms. The molecule has 1 aliphatic heterocycles. The van der Waals surface area contributed by atoms with Crippen LogP contribution in [0.1, 0.15) is 6.42 Å². The molecule has 0 aromatic heterocycles. The van der Waals surface area contributed by atoms with Gasteiger partial charge in [-0.2, -0.15) is 0 Å². The number of hydrogen-bond acceptors (Lipinski definition) is 2. The lowest BCUT2D eigenvalue weighted by atomic mass is 10.0. The van der Waals surface area contributed by atoms with Gasteiger partial charge in [-0.3, -0.25) is 0 Å². The molecule has 0 amide bonds. The normalized spacial score (nSPS) is 18.5. The molecule has 0 saturated carbocycles. The van der Waals surface area contributed by atoms with Crippen LogP contribution in [0.25, 0.3) is 11.1 Å². The molecule has 0 unspecified atom stereocenters. The molecule has 2 aromatic carbocycles. The van der Waals surface area contributed by atoms with Gasteiger partial charge in [-0.25, -0.2) is 0 Å². The lowest BCUT2D eigenvalue weighted by molar-refractivity contribution is 0.224. The molecule has 0 radical (unpaired) electrons. The van der Waals surface area contributed by atoms with E-state index >= 15 is 0 Å². The highest BCUT2D eigenvalue weighted by molar-refractivity contribution is 6.31. The maximum atomic E-state index is 6.12. The summed E-state index contributed by atoms with van der Waals surface area (Å²) in [5, 5.41) is 4.04. The molecule has 2 nitrogen and oxygen atoms in total. The van der Waals surface area contributed by atoms with Gasteiger partial charge in [0.1, 0.15) is 11.9 Å². The predicted octanol–water partition coefficient (Wildman–Crippen LogP) is 3.75. The van der Waals surface area contributed by atoms with Gasteiger partial charge in [0.05, 0.1) is 0 Å². The van der Waals surface area contributed by atoms with Crippen molar-refractivity contribution in [2.24, 2.45) is 0 Å². The second kappa shape index (κ2) is 5.64. The Balaban J connectivity index is 1.94. The summed E-state index contributed by atoms with van der Waals surface area (Å²) in [4.78, 5) is 0. The highest BCUT2D eigenvalue weighted by Crippen LogP contribution is 2.33. The number of rotatable bonds is 3. The highest BCUT2D eigenvalue weighted by atomic mass is 35.5. The first kappa shape index (κ1) is 12.5. The second-order valence-electron chi connectivity index (χ2n) is 4.74. The molecule has 1 fully saturated rings. The summed E-state index contributed by atoms with van der Waals surface area (Å²) >= 11 is 6.12. The molecule has 3 heteroatoms. The smallest absolute Gasteiger partial charge is 0.127 e. The van der Waals surface area contributed by atoms with E-state index in [0.717, 1.165) is 41.4 Å². The summed E-state index contributed by atoms with van der Waals surface area (Å²) in [5.74, 6) is 0.907. The Morgan fingerprint density at radius 3 is 2.68 bits per heavy atom. The van der Waals surface area contributed by atoms with E-state index in [2.05, 4.69) is 17.4 Å². The zero-order chi connectivity index (χ0) is 13.1. The van der Waals surface area contributed by atoms with Crippen molar-refractivity contribution in [1.82, 2.24) is 5.32 Å². The van der Waals surface area contributed by atoms with Gasteiger partial charge in [0.15, 0.2) is 0 Å². The summed E-state index contributed by atoms with van der Waals surface area (Å²) in [6.45, 7) is 1.94. The molecule has 98 valence electrons. The van der Waals surface area contributed by atoms with E-state index < -0.39 is 0 Å². The van der Waals surface area contributed by atoms with Crippen molar-refractivity contribution in [2.75, 3.05) is 13.1 Å². The Bertz CT molecular complexity index is 550. The lowest BCUT2D eigenvalue weighted by Crippen LogP contribution is -2.19. The average Bonchev–Trinajstić information content (AvgIpc) is 2.95. The molecule has 2 aromatic rings. The summed E-state index contributed by atoms with van der Waals surface area (Å²) in [6, 6.07) is 16.0. The Kier molecular flexibility index (Phi) is 3.72. The molecule has 3 rings (SSSR count). The van der Waals surface area contributed by atoms with Gasteiger partial charge >= 0.3 is 0 Å². The fraction of sp³-hybridized carbons (Fsp3) is 0.250. The van der Waals surface area contributed by atoms with Crippen molar-refractivity contribution in [3.63, 3.8) is 0 Å². The van der Waals surface area contributed by atoms with Crippen LogP contribution in [-0.4, -0.2) is 19.2 Å². The Hall–Kier alpha value is -1.51. The van der Waals surface area contributed by atoms with Crippen LogP contribution >= 0.6 is 11.6 Å². The minimum atomic E-state index is 0.253. The first-order valence-corrected chi connectivity index (χ1v) is 6.93. The van der Waals surface area contributed by atoms with Gasteiger partial charge in [0.2, 0.25) is 0 Å². The number of nitrogens with one attached hydrogen (secondary N) is 1. The van der Waals surface area contributed by atoms with Crippen LogP contribution < -0.4 is 10.1 Å². The summed E-state index contributed by atoms with van der Waals surface area (Å²) in [5.41, 5.74) is 2.19. The van der Waals surface area contributed by atoms with Crippen molar-refractivity contribution in [2.45, 2.75) is 12.5 Å². The van der Waals surface area contributed by atoms with Crippen LogP contribution in [0.4, 0.5) is 0 Å². The number of hydrogen-bond donors (Lipinski definition) is 1. The fourth-order valence-electron chi connectivity index (χ4n) is 2.36. The van der Waals surface area contributed by atoms with Crippen molar-refractivity contribution in [3.05, 3.63) is 53.6 Å². The third-order valence-corrected chi connectivity index (χ3v) is 3.57. The third-order valence-electron chi connectivity index (χ3n) is 3.34. The number of halogens is 1. The first-order valence-electron chi connectivity index (χ1n) is 6.55. The molecular formula is C16H16ClNO. The van der Waals surface area contributed by atoms with Crippen LogP contribution in [0.3, 0.4) is 0 Å². The molecule has 1 N–H and O–H groups in total. The number of benzene rings is 2. The first-order chi connectivity index (χ1) is 9.33. The Labute approximate surface area is 118 Å². The second-order valence-corrected chi connectivity index (χ2v) is 5.18. The minimum Gasteiger partial charge on any atom is -0.488 e. The topological polar surface area (TPSA) is 21.3 Å². The standard InChI is InChI=1S/C16H16ClNO/c17-13-6-7-16(19-14-8-9-18-11-14)15(10-13)12-4-2-1-3-5-12/h1-7,10,14,18H,8-9,11H2/t14-/m1/s1. The van der Waals surface area contributed by atoms with Crippen molar-refractivity contribution < 1.29 is 4.74 Å². The SMILES string of the molecule is Clc1ccc(O[C@@H]2CCNC2)c(-c2ccccc2)c1. The predicted molar refractivity (Wildman–Crippen MR) is 78.8 cm³/mol. The van der Waals surface area contributed by atoms with E-state index in [1.807, 2.05) is 36.4 Å². The maximum absolute atomic E-state index is 6.12. The molecule has 1 aliphatic rings. The van der Waals surface area contributed by atoms with Crippen LogP contribution in [0.15, 0.2) is 48.5 Å². The van der Waals surface area contributed by atoms with Crippen molar-refractivity contribution in [1.29, 1.82) is 0 Å². The zero-order valence-electron chi connectivity index (χ0n) is 10.6. The molecule has 0 bridgehead atoms. The Morgan fingerprint density at radius 1 is 1.11 bits per heavy atom. The third kappa shape index (κ3) is 2.91. The van der Waals surface area contributed by atoms with Gasteiger partial charge in [0.25, 0.3) is 0 Å². The largest absolute Gasteiger partial charge is 0.488 e. The molecular weight excluding hydrogens is 258 g/mol. The van der Waals surface area contributed by atoms with E-state index in [4.69, 9.17) is 16.3 Å². The highest BCUT2D eigenvalue weighted by Gasteiger charge is 2.18. The lowest BCUT2D eigenvalue weighted by Gasteiger charge is -2.16. The van der Waals surface area contributed by atoms with Gasteiger partial charge in [-0.1, -0.05) is 41.9 Å². The Morgan fingerprint density at radius 2 is 1.95 bits per heavy atom. The fourth-order valence-corrected chi connectivity index (χ4v) is 2.53. The molecule has 1 atom stereocenters. The quantitative estimate of drug-likeness (QED) is 0.920. The maximum Gasteiger partial charge on any atom is 0.127 e. The van der Waals surface area contributed by atoms with Gasteiger partial charge in [0, 0.05) is 17.1 Å². The van der Waals surface area contributed by atoms with Crippen LogP contribution in [0.2, 0.25) is 5.02 Å². The van der Waals surface area contributed by atoms with E-state index in [1.165, 1.54) is 0 Å². The minimum absolute atomic E-state index is 0.253. The monoisotopic (exact) mass is 273 g/mol. The summed E-state index contributed by atoms with van der Waals surface area (Å²) in [7, 11) is 0. The van der Waals surface area contributed by atoms with Gasteiger partial charge < -0.3 is 10.1 Å². The molecule has 1 heterocycles. The van der Waals surface area contributed by atoms with Crippen LogP contribution in [0.5, 0.6) is 5.75 Å². The van der Waals surface area contributed by atoms with Crippen molar-refractivity contribution >= 4 is 11.6 Å². The van der Waals surface area contributed by atoms with E-state index in [1.54, 1.807) is 0 Å². The molecule has 19 heavy (non-hydrogen) atoms. The summed E-state index contributed by atoms with van der Waals surface area (Å²) in [6.07, 6.45) is 1.31.